The zero-order valence-corrected chi connectivity index (χ0v) is 14.3. The van der Waals surface area contributed by atoms with Crippen molar-refractivity contribution in [1.82, 2.24) is 0 Å². The number of ether oxygens (including phenoxy) is 1. The highest BCUT2D eigenvalue weighted by Gasteiger charge is 2.13. The minimum atomic E-state index is -0.402. The summed E-state index contributed by atoms with van der Waals surface area (Å²) >= 11 is 1.61. The minimum absolute atomic E-state index is 0.0344. The minimum Gasteiger partial charge on any atom is -0.487 e. The first-order chi connectivity index (χ1) is 12.2. The van der Waals surface area contributed by atoms with E-state index < -0.39 is 4.92 Å². The lowest BCUT2D eigenvalue weighted by atomic mass is 10.2. The van der Waals surface area contributed by atoms with E-state index in [1.54, 1.807) is 17.8 Å². The summed E-state index contributed by atoms with van der Waals surface area (Å²) in [6, 6.07) is 24.6. The predicted molar refractivity (Wildman–Crippen MR) is 99.9 cm³/mol. The average molecular weight is 351 g/mol. The van der Waals surface area contributed by atoms with Gasteiger partial charge in [-0.25, -0.2) is 0 Å². The Morgan fingerprint density at radius 3 is 2.16 bits per heavy atom. The molecule has 0 fully saturated rings. The first kappa shape index (κ1) is 17.0. The van der Waals surface area contributed by atoms with Crippen LogP contribution in [0.25, 0.3) is 0 Å². The van der Waals surface area contributed by atoms with Crippen LogP contribution in [0.3, 0.4) is 0 Å². The van der Waals surface area contributed by atoms with Crippen LogP contribution in [0.4, 0.5) is 5.69 Å². The van der Waals surface area contributed by atoms with E-state index in [0.29, 0.717) is 12.4 Å². The van der Waals surface area contributed by atoms with E-state index in [-0.39, 0.29) is 5.69 Å². The molecular formula is C20H17NO3S. The summed E-state index contributed by atoms with van der Waals surface area (Å²) in [7, 11) is 0. The first-order valence-corrected chi connectivity index (χ1v) is 8.83. The zero-order chi connectivity index (χ0) is 17.5. The van der Waals surface area contributed by atoms with Crippen molar-refractivity contribution in [3.63, 3.8) is 0 Å². The lowest BCUT2D eigenvalue weighted by molar-refractivity contribution is -0.385. The number of thioether (sulfide) groups is 1. The summed E-state index contributed by atoms with van der Waals surface area (Å²) in [5.41, 5.74) is 2.25. The topological polar surface area (TPSA) is 52.4 Å². The molecule has 0 saturated carbocycles. The number of benzene rings is 3. The number of nitro benzene ring substituents is 1. The molecule has 0 unspecified atom stereocenters. The van der Waals surface area contributed by atoms with Crippen molar-refractivity contribution in [2.24, 2.45) is 0 Å². The molecule has 25 heavy (non-hydrogen) atoms. The van der Waals surface area contributed by atoms with Crippen LogP contribution in [0.2, 0.25) is 0 Å². The van der Waals surface area contributed by atoms with Gasteiger partial charge in [0.1, 0.15) is 12.4 Å². The maximum Gasteiger partial charge on any atom is 0.273 e. The molecule has 0 spiro atoms. The molecule has 0 atom stereocenters. The van der Waals surface area contributed by atoms with Gasteiger partial charge in [0.05, 0.1) is 15.9 Å². The van der Waals surface area contributed by atoms with Crippen molar-refractivity contribution in [3.05, 3.63) is 100 Å². The monoisotopic (exact) mass is 351 g/mol. The van der Waals surface area contributed by atoms with E-state index in [2.05, 4.69) is 12.1 Å². The fourth-order valence-corrected chi connectivity index (χ4v) is 3.25. The second-order valence-corrected chi connectivity index (χ2v) is 6.45. The maximum atomic E-state index is 11.1. The molecule has 0 saturated heterocycles. The van der Waals surface area contributed by atoms with Crippen molar-refractivity contribution < 1.29 is 9.66 Å². The molecule has 0 bridgehead atoms. The van der Waals surface area contributed by atoms with Crippen LogP contribution in [0.5, 0.6) is 5.75 Å². The van der Waals surface area contributed by atoms with Gasteiger partial charge in [-0.2, -0.15) is 0 Å². The Hall–Kier alpha value is -2.79. The average Bonchev–Trinajstić information content (AvgIpc) is 2.66. The molecule has 126 valence electrons. The fourth-order valence-electron chi connectivity index (χ4n) is 2.31. The summed E-state index contributed by atoms with van der Waals surface area (Å²) in [6.45, 7) is 0.376. The van der Waals surface area contributed by atoms with Crippen LogP contribution < -0.4 is 4.74 Å². The molecule has 3 rings (SSSR count). The number of hydrogen-bond donors (Lipinski definition) is 0. The van der Waals surface area contributed by atoms with Crippen LogP contribution in [0.15, 0.2) is 83.8 Å². The largest absolute Gasteiger partial charge is 0.487 e. The predicted octanol–water partition coefficient (Wildman–Crippen LogP) is 5.47. The third-order valence-electron chi connectivity index (χ3n) is 3.61. The SMILES string of the molecule is O=[N+]([O-])c1ccc(SCc2ccccc2)c(OCc2ccccc2)c1. The van der Waals surface area contributed by atoms with Gasteiger partial charge in [-0.05, 0) is 17.2 Å². The lowest BCUT2D eigenvalue weighted by Crippen LogP contribution is -1.98. The molecule has 0 aliphatic rings. The highest BCUT2D eigenvalue weighted by Crippen LogP contribution is 2.35. The fraction of sp³-hybridized carbons (Fsp3) is 0.100. The first-order valence-electron chi connectivity index (χ1n) is 7.84. The zero-order valence-electron chi connectivity index (χ0n) is 13.5. The normalized spacial score (nSPS) is 10.4. The lowest BCUT2D eigenvalue weighted by Gasteiger charge is -2.11. The Labute approximate surface area is 150 Å². The van der Waals surface area contributed by atoms with Gasteiger partial charge in [-0.1, -0.05) is 60.7 Å². The molecule has 0 aromatic heterocycles. The highest BCUT2D eigenvalue weighted by molar-refractivity contribution is 7.98. The molecule has 0 radical (unpaired) electrons. The van der Waals surface area contributed by atoms with E-state index >= 15 is 0 Å². The summed E-state index contributed by atoms with van der Waals surface area (Å²) in [4.78, 5) is 11.6. The van der Waals surface area contributed by atoms with Crippen LogP contribution in [0, 0.1) is 10.1 Å². The molecule has 0 aliphatic carbocycles. The van der Waals surface area contributed by atoms with Gasteiger partial charge in [0, 0.05) is 11.8 Å². The maximum absolute atomic E-state index is 11.1. The number of hydrogen-bond acceptors (Lipinski definition) is 4. The van der Waals surface area contributed by atoms with E-state index in [4.69, 9.17) is 4.74 Å². The van der Waals surface area contributed by atoms with Crippen LogP contribution >= 0.6 is 11.8 Å². The second-order valence-electron chi connectivity index (χ2n) is 5.44. The number of rotatable bonds is 7. The molecule has 0 heterocycles. The molecule has 0 aliphatic heterocycles. The van der Waals surface area contributed by atoms with E-state index in [0.717, 1.165) is 16.2 Å². The van der Waals surface area contributed by atoms with Gasteiger partial charge in [0.2, 0.25) is 0 Å². The van der Waals surface area contributed by atoms with Gasteiger partial charge < -0.3 is 4.74 Å². The highest BCUT2D eigenvalue weighted by atomic mass is 32.2. The van der Waals surface area contributed by atoms with Gasteiger partial charge >= 0.3 is 0 Å². The van der Waals surface area contributed by atoms with Gasteiger partial charge in [-0.3, -0.25) is 10.1 Å². The van der Waals surface area contributed by atoms with E-state index in [1.807, 2.05) is 48.5 Å². The Balaban J connectivity index is 1.77. The summed E-state index contributed by atoms with van der Waals surface area (Å²) in [5.74, 6) is 1.32. The van der Waals surface area contributed by atoms with Crippen molar-refractivity contribution >= 4 is 17.4 Å². The third kappa shape index (κ3) is 4.84. The van der Waals surface area contributed by atoms with Crippen LogP contribution in [0.1, 0.15) is 11.1 Å². The Bertz CT molecular complexity index is 838. The molecule has 0 N–H and O–H groups in total. The molecule has 5 heteroatoms. The number of non-ortho nitro benzene ring substituents is 1. The van der Waals surface area contributed by atoms with Crippen molar-refractivity contribution in [2.45, 2.75) is 17.3 Å². The molecular weight excluding hydrogens is 334 g/mol. The van der Waals surface area contributed by atoms with Gasteiger partial charge in [-0.15, -0.1) is 11.8 Å². The quantitative estimate of drug-likeness (QED) is 0.322. The molecule has 4 nitrogen and oxygen atoms in total. The van der Waals surface area contributed by atoms with Crippen molar-refractivity contribution in [3.8, 4) is 5.75 Å². The summed E-state index contributed by atoms with van der Waals surface area (Å²) in [5, 5.41) is 11.1. The molecule has 3 aromatic carbocycles. The Morgan fingerprint density at radius 2 is 1.52 bits per heavy atom. The smallest absolute Gasteiger partial charge is 0.273 e. The third-order valence-corrected chi connectivity index (χ3v) is 4.74. The van der Waals surface area contributed by atoms with E-state index in [9.17, 15) is 10.1 Å². The summed E-state index contributed by atoms with van der Waals surface area (Å²) < 4.78 is 5.88. The number of nitro groups is 1. The van der Waals surface area contributed by atoms with Gasteiger partial charge in [0.25, 0.3) is 5.69 Å². The van der Waals surface area contributed by atoms with Gasteiger partial charge in [0.15, 0.2) is 0 Å². The molecule has 0 amide bonds. The van der Waals surface area contributed by atoms with E-state index in [1.165, 1.54) is 17.7 Å². The van der Waals surface area contributed by atoms with Crippen LogP contribution in [-0.2, 0) is 12.4 Å². The summed E-state index contributed by atoms with van der Waals surface area (Å²) in [6.07, 6.45) is 0. The Morgan fingerprint density at radius 1 is 0.880 bits per heavy atom. The van der Waals surface area contributed by atoms with Crippen molar-refractivity contribution in [1.29, 1.82) is 0 Å². The van der Waals surface area contributed by atoms with Crippen LogP contribution in [-0.4, -0.2) is 4.92 Å². The second kappa shape index (κ2) is 8.35. The standard InChI is InChI=1S/C20H17NO3S/c22-21(23)18-11-12-20(25-15-17-9-5-2-6-10-17)19(13-18)24-14-16-7-3-1-4-8-16/h1-13H,14-15H2. The Kier molecular flexibility index (Phi) is 5.69. The number of nitrogens with zero attached hydrogens (tertiary/aromatic N) is 1. The van der Waals surface area contributed by atoms with Crippen molar-refractivity contribution in [2.75, 3.05) is 0 Å². The molecule has 3 aromatic rings.